The molecule has 1 rings (SSSR count). The van der Waals surface area contributed by atoms with E-state index in [2.05, 4.69) is 11.6 Å². The van der Waals surface area contributed by atoms with E-state index in [1.165, 1.54) is 18.2 Å². The molecule has 12 heavy (non-hydrogen) atoms. The Kier molecular flexibility index (Phi) is 2.05. The molecule has 0 aliphatic heterocycles. The van der Waals surface area contributed by atoms with Gasteiger partial charge in [-0.15, -0.1) is 0 Å². The SMILES string of the molecule is C=Cc1ccc([N+](=O)[O-])c(N)n1. The average molecular weight is 165 g/mol. The van der Waals surface area contributed by atoms with Gasteiger partial charge in [-0.2, -0.15) is 0 Å². The van der Waals surface area contributed by atoms with E-state index in [0.717, 1.165) is 0 Å². The fourth-order valence-corrected chi connectivity index (χ4v) is 0.751. The van der Waals surface area contributed by atoms with Gasteiger partial charge in [-0.05, 0) is 12.1 Å². The fraction of sp³-hybridized carbons (Fsp3) is 0. The van der Waals surface area contributed by atoms with Gasteiger partial charge in [-0.25, -0.2) is 4.98 Å². The van der Waals surface area contributed by atoms with E-state index in [-0.39, 0.29) is 11.5 Å². The van der Waals surface area contributed by atoms with Crippen molar-refractivity contribution in [3.05, 3.63) is 34.5 Å². The highest BCUT2D eigenvalue weighted by atomic mass is 16.6. The first-order valence-corrected chi connectivity index (χ1v) is 3.18. The van der Waals surface area contributed by atoms with Crippen molar-refractivity contribution in [3.8, 4) is 0 Å². The highest BCUT2D eigenvalue weighted by Crippen LogP contribution is 2.18. The van der Waals surface area contributed by atoms with E-state index in [4.69, 9.17) is 5.73 Å². The van der Waals surface area contributed by atoms with Crippen molar-refractivity contribution >= 4 is 17.6 Å². The molecule has 0 saturated carbocycles. The maximum atomic E-state index is 10.3. The van der Waals surface area contributed by atoms with E-state index < -0.39 is 4.92 Å². The zero-order chi connectivity index (χ0) is 9.14. The van der Waals surface area contributed by atoms with Crippen LogP contribution in [0, 0.1) is 10.1 Å². The van der Waals surface area contributed by atoms with Crippen LogP contribution < -0.4 is 5.73 Å². The second-order valence-corrected chi connectivity index (χ2v) is 2.10. The molecule has 0 atom stereocenters. The van der Waals surface area contributed by atoms with Crippen LogP contribution in [-0.2, 0) is 0 Å². The van der Waals surface area contributed by atoms with Crippen LogP contribution in [0.3, 0.4) is 0 Å². The van der Waals surface area contributed by atoms with Gasteiger partial charge in [0.15, 0.2) is 0 Å². The predicted octanol–water partition coefficient (Wildman–Crippen LogP) is 1.22. The van der Waals surface area contributed by atoms with Crippen molar-refractivity contribution in [2.24, 2.45) is 0 Å². The number of nitro groups is 1. The van der Waals surface area contributed by atoms with E-state index in [1.807, 2.05) is 0 Å². The number of pyridine rings is 1. The smallest absolute Gasteiger partial charge is 0.311 e. The lowest BCUT2D eigenvalue weighted by Crippen LogP contribution is -1.98. The third-order valence-electron chi connectivity index (χ3n) is 1.33. The Hall–Kier alpha value is -1.91. The summed E-state index contributed by atoms with van der Waals surface area (Å²) in [5.41, 5.74) is 5.64. The number of hydrogen-bond acceptors (Lipinski definition) is 4. The first-order valence-electron chi connectivity index (χ1n) is 3.18. The van der Waals surface area contributed by atoms with Crippen molar-refractivity contribution < 1.29 is 4.92 Å². The normalized spacial score (nSPS) is 9.33. The van der Waals surface area contributed by atoms with Crippen LogP contribution in [0.5, 0.6) is 0 Å². The summed E-state index contributed by atoms with van der Waals surface area (Å²) < 4.78 is 0. The molecule has 0 unspecified atom stereocenters. The molecule has 5 nitrogen and oxygen atoms in total. The number of nitrogen functional groups attached to an aromatic ring is 1. The maximum absolute atomic E-state index is 10.3. The van der Waals surface area contributed by atoms with Crippen molar-refractivity contribution in [2.75, 3.05) is 5.73 Å². The predicted molar refractivity (Wildman–Crippen MR) is 45.4 cm³/mol. The Morgan fingerprint density at radius 1 is 1.67 bits per heavy atom. The lowest BCUT2D eigenvalue weighted by molar-refractivity contribution is -0.384. The Morgan fingerprint density at radius 2 is 2.33 bits per heavy atom. The molecule has 2 N–H and O–H groups in total. The minimum Gasteiger partial charge on any atom is -0.378 e. The summed E-state index contributed by atoms with van der Waals surface area (Å²) in [5.74, 6) is -0.0857. The highest BCUT2D eigenvalue weighted by molar-refractivity contribution is 5.56. The lowest BCUT2D eigenvalue weighted by atomic mass is 10.3. The van der Waals surface area contributed by atoms with Gasteiger partial charge in [-0.1, -0.05) is 6.58 Å². The Morgan fingerprint density at radius 3 is 2.75 bits per heavy atom. The van der Waals surface area contributed by atoms with Gasteiger partial charge in [0.1, 0.15) is 0 Å². The molecular formula is C7H7N3O2. The number of nitrogens with zero attached hydrogens (tertiary/aromatic N) is 2. The number of aromatic nitrogens is 1. The molecular weight excluding hydrogens is 158 g/mol. The van der Waals surface area contributed by atoms with Crippen molar-refractivity contribution in [1.29, 1.82) is 0 Å². The van der Waals surface area contributed by atoms with Gasteiger partial charge in [0.2, 0.25) is 5.82 Å². The first-order chi connectivity index (χ1) is 5.65. The van der Waals surface area contributed by atoms with Crippen LogP contribution in [-0.4, -0.2) is 9.91 Å². The zero-order valence-corrected chi connectivity index (χ0v) is 6.23. The summed E-state index contributed by atoms with van der Waals surface area (Å²) in [4.78, 5) is 13.4. The molecule has 0 fully saturated rings. The molecule has 0 bridgehead atoms. The van der Waals surface area contributed by atoms with Gasteiger partial charge in [0.25, 0.3) is 0 Å². The third-order valence-corrected chi connectivity index (χ3v) is 1.33. The van der Waals surface area contributed by atoms with E-state index in [1.54, 1.807) is 0 Å². The quantitative estimate of drug-likeness (QED) is 0.527. The topological polar surface area (TPSA) is 82.0 Å². The van der Waals surface area contributed by atoms with Crippen LogP contribution in [0.2, 0.25) is 0 Å². The Labute approximate surface area is 68.7 Å². The minimum absolute atomic E-state index is 0.0857. The summed E-state index contributed by atoms with van der Waals surface area (Å²) in [7, 11) is 0. The molecule has 0 aliphatic carbocycles. The summed E-state index contributed by atoms with van der Waals surface area (Å²) in [5, 5.41) is 10.3. The average Bonchev–Trinajstić information content (AvgIpc) is 2.03. The number of rotatable bonds is 2. The molecule has 0 aromatic carbocycles. The van der Waals surface area contributed by atoms with Crippen molar-refractivity contribution in [1.82, 2.24) is 4.98 Å². The molecule has 1 heterocycles. The fourth-order valence-electron chi connectivity index (χ4n) is 0.751. The van der Waals surface area contributed by atoms with E-state index in [0.29, 0.717) is 5.69 Å². The largest absolute Gasteiger partial charge is 0.378 e. The Bertz CT molecular complexity index is 335. The lowest BCUT2D eigenvalue weighted by Gasteiger charge is -1.96. The molecule has 0 amide bonds. The maximum Gasteiger partial charge on any atom is 0.311 e. The molecule has 0 aliphatic rings. The summed E-state index contributed by atoms with van der Waals surface area (Å²) in [6.45, 7) is 3.46. The molecule has 1 aromatic heterocycles. The molecule has 5 heteroatoms. The highest BCUT2D eigenvalue weighted by Gasteiger charge is 2.11. The minimum atomic E-state index is -0.574. The number of anilines is 1. The summed E-state index contributed by atoms with van der Waals surface area (Å²) >= 11 is 0. The van der Waals surface area contributed by atoms with Gasteiger partial charge < -0.3 is 5.73 Å². The van der Waals surface area contributed by atoms with Crippen LogP contribution >= 0.6 is 0 Å². The van der Waals surface area contributed by atoms with Crippen LogP contribution in [0.1, 0.15) is 5.69 Å². The standard InChI is InChI=1S/C7H7N3O2/c1-2-5-3-4-6(10(11)12)7(8)9-5/h2-4H,1H2,(H2,8,9). The first kappa shape index (κ1) is 8.19. The molecule has 1 aromatic rings. The monoisotopic (exact) mass is 165 g/mol. The summed E-state index contributed by atoms with van der Waals surface area (Å²) in [6, 6.07) is 2.79. The Balaban J connectivity index is 3.20. The van der Waals surface area contributed by atoms with Crippen LogP contribution in [0.25, 0.3) is 6.08 Å². The molecule has 0 spiro atoms. The van der Waals surface area contributed by atoms with E-state index >= 15 is 0 Å². The van der Waals surface area contributed by atoms with Crippen molar-refractivity contribution in [3.63, 3.8) is 0 Å². The second-order valence-electron chi connectivity index (χ2n) is 2.10. The van der Waals surface area contributed by atoms with Gasteiger partial charge in [0.05, 0.1) is 10.6 Å². The van der Waals surface area contributed by atoms with E-state index in [9.17, 15) is 10.1 Å². The summed E-state index contributed by atoms with van der Waals surface area (Å²) in [6.07, 6.45) is 1.47. The molecule has 0 saturated heterocycles. The van der Waals surface area contributed by atoms with Gasteiger partial charge in [0, 0.05) is 6.07 Å². The molecule has 0 radical (unpaired) electrons. The molecule has 62 valence electrons. The zero-order valence-electron chi connectivity index (χ0n) is 6.23. The third kappa shape index (κ3) is 1.39. The van der Waals surface area contributed by atoms with Gasteiger partial charge in [-0.3, -0.25) is 10.1 Å². The number of nitrogens with two attached hydrogens (primary N) is 1. The number of hydrogen-bond donors (Lipinski definition) is 1. The van der Waals surface area contributed by atoms with Crippen LogP contribution in [0.15, 0.2) is 18.7 Å². The van der Waals surface area contributed by atoms with Gasteiger partial charge >= 0.3 is 5.69 Å². The van der Waals surface area contributed by atoms with Crippen molar-refractivity contribution in [2.45, 2.75) is 0 Å². The van der Waals surface area contributed by atoms with Crippen LogP contribution in [0.4, 0.5) is 11.5 Å². The second kappa shape index (κ2) is 3.00.